The number of alkyl halides is 6. The second kappa shape index (κ2) is 6.97. The maximum absolute atomic E-state index is 12.9. The Kier molecular flexibility index (Phi) is 5.15. The molecule has 0 radical (unpaired) electrons. The second-order valence-electron chi connectivity index (χ2n) is 6.98. The number of nitrogens with two attached hydrogens (primary N) is 1. The Labute approximate surface area is 151 Å². The molecule has 0 aromatic heterocycles. The zero-order valence-corrected chi connectivity index (χ0v) is 14.1. The highest BCUT2D eigenvalue weighted by atomic mass is 19.4. The molecule has 2 aliphatic rings. The molecule has 3 rings (SSSR count). The largest absolute Gasteiger partial charge is 0.416 e. The first-order valence-electron chi connectivity index (χ1n) is 8.38. The van der Waals surface area contributed by atoms with Crippen molar-refractivity contribution in [2.75, 3.05) is 6.54 Å². The molecule has 1 aromatic carbocycles. The predicted octanol–water partition coefficient (Wildman–Crippen LogP) is 3.33. The molecule has 1 aromatic rings. The molecule has 3 unspecified atom stereocenters. The lowest BCUT2D eigenvalue weighted by Crippen LogP contribution is -2.47. The molecule has 0 spiro atoms. The fraction of sp³-hybridized carbons (Fsp3) is 0.588. The summed E-state index contributed by atoms with van der Waals surface area (Å²) in [6, 6.07) is 1.05. The minimum atomic E-state index is -4.90. The van der Waals surface area contributed by atoms with Gasteiger partial charge in [0.2, 0.25) is 5.91 Å². The molecule has 0 saturated carbocycles. The van der Waals surface area contributed by atoms with Crippen molar-refractivity contribution in [1.82, 2.24) is 4.90 Å². The summed E-state index contributed by atoms with van der Waals surface area (Å²) in [4.78, 5) is 13.6. The number of rotatable bonds is 3. The number of halogens is 6. The van der Waals surface area contributed by atoms with Crippen LogP contribution < -0.4 is 5.73 Å². The minimum Gasteiger partial charge on any atom is -0.372 e. The summed E-state index contributed by atoms with van der Waals surface area (Å²) in [6.07, 6.45) is -8.95. The van der Waals surface area contributed by atoms with Gasteiger partial charge in [-0.15, -0.1) is 0 Å². The normalized spacial score (nSPS) is 26.4. The number of hydrogen-bond donors (Lipinski definition) is 1. The topological polar surface area (TPSA) is 55.6 Å². The Morgan fingerprint density at radius 1 is 1.04 bits per heavy atom. The van der Waals surface area contributed by atoms with Gasteiger partial charge in [0.1, 0.15) is 0 Å². The number of nitrogens with zero attached hydrogens (tertiary/aromatic N) is 1. The van der Waals surface area contributed by atoms with E-state index in [2.05, 4.69) is 0 Å². The zero-order valence-electron chi connectivity index (χ0n) is 14.1. The van der Waals surface area contributed by atoms with Crippen LogP contribution in [-0.4, -0.2) is 35.5 Å². The van der Waals surface area contributed by atoms with E-state index < -0.39 is 36.2 Å². The number of benzene rings is 1. The average molecular weight is 396 g/mol. The molecular weight excluding hydrogens is 378 g/mol. The standard InChI is InChI=1S/C17H18F6N2O2/c18-16(19,20)10-1-9(2-11(3-10)17(21,22)23)8-27-14-6-13-4-12(24)5-15(26)25(13)7-14/h1-3,12-14H,4-8,24H2. The van der Waals surface area contributed by atoms with Crippen molar-refractivity contribution >= 4 is 5.91 Å². The lowest BCUT2D eigenvalue weighted by Gasteiger charge is -2.32. The van der Waals surface area contributed by atoms with Crippen molar-refractivity contribution in [2.24, 2.45) is 5.73 Å². The molecule has 27 heavy (non-hydrogen) atoms. The molecule has 150 valence electrons. The third-order valence-corrected chi connectivity index (χ3v) is 4.84. The Morgan fingerprint density at radius 2 is 1.63 bits per heavy atom. The molecule has 1 amide bonds. The molecular formula is C17H18F6N2O2. The summed E-state index contributed by atoms with van der Waals surface area (Å²) in [5.74, 6) is -0.108. The average Bonchev–Trinajstić information content (AvgIpc) is 2.94. The Hall–Kier alpha value is -1.81. The minimum absolute atomic E-state index is 0.0827. The number of hydrogen-bond acceptors (Lipinski definition) is 3. The van der Waals surface area contributed by atoms with E-state index in [0.29, 0.717) is 25.0 Å². The van der Waals surface area contributed by atoms with Crippen LogP contribution in [-0.2, 0) is 28.5 Å². The summed E-state index contributed by atoms with van der Waals surface area (Å²) < 4.78 is 82.9. The van der Waals surface area contributed by atoms with Crippen molar-refractivity contribution in [3.8, 4) is 0 Å². The highest BCUT2D eigenvalue weighted by Gasteiger charge is 2.41. The number of ether oxygens (including phenoxy) is 1. The lowest BCUT2D eigenvalue weighted by atomic mass is 9.98. The van der Waals surface area contributed by atoms with Gasteiger partial charge in [0.05, 0.1) is 23.8 Å². The van der Waals surface area contributed by atoms with Gasteiger partial charge in [0.25, 0.3) is 0 Å². The molecule has 2 fully saturated rings. The molecule has 3 atom stereocenters. The van der Waals surface area contributed by atoms with Gasteiger partial charge in [0, 0.05) is 25.0 Å². The molecule has 2 saturated heterocycles. The second-order valence-corrected chi connectivity index (χ2v) is 6.98. The smallest absolute Gasteiger partial charge is 0.372 e. The first-order chi connectivity index (χ1) is 12.4. The monoisotopic (exact) mass is 396 g/mol. The van der Waals surface area contributed by atoms with Crippen molar-refractivity contribution < 1.29 is 35.9 Å². The number of fused-ring (bicyclic) bond motifs is 1. The maximum Gasteiger partial charge on any atom is 0.416 e. The summed E-state index contributed by atoms with van der Waals surface area (Å²) in [7, 11) is 0. The van der Waals surface area contributed by atoms with Gasteiger partial charge in [0.15, 0.2) is 0 Å². The van der Waals surface area contributed by atoms with Gasteiger partial charge in [-0.25, -0.2) is 0 Å². The zero-order chi connectivity index (χ0) is 20.0. The molecule has 2 heterocycles. The van der Waals surface area contributed by atoms with Crippen LogP contribution in [0.3, 0.4) is 0 Å². The van der Waals surface area contributed by atoms with E-state index in [9.17, 15) is 31.1 Å². The van der Waals surface area contributed by atoms with E-state index in [1.165, 1.54) is 0 Å². The van der Waals surface area contributed by atoms with Gasteiger partial charge in [-0.2, -0.15) is 26.3 Å². The summed E-state index contributed by atoms with van der Waals surface area (Å²) >= 11 is 0. The van der Waals surface area contributed by atoms with Gasteiger partial charge in [-0.05, 0) is 36.6 Å². The molecule has 0 bridgehead atoms. The van der Waals surface area contributed by atoms with Crippen molar-refractivity contribution in [1.29, 1.82) is 0 Å². The Bertz CT molecular complexity index is 686. The van der Waals surface area contributed by atoms with E-state index >= 15 is 0 Å². The molecule has 4 nitrogen and oxygen atoms in total. The van der Waals surface area contributed by atoms with Crippen LogP contribution in [0.25, 0.3) is 0 Å². The number of amides is 1. The Morgan fingerprint density at radius 3 is 2.19 bits per heavy atom. The first-order valence-corrected chi connectivity index (χ1v) is 8.38. The third kappa shape index (κ3) is 4.55. The van der Waals surface area contributed by atoms with Crippen LogP contribution in [0, 0.1) is 0 Å². The number of carbonyl (C=O) groups is 1. The van der Waals surface area contributed by atoms with Crippen LogP contribution in [0.4, 0.5) is 26.3 Å². The van der Waals surface area contributed by atoms with Crippen LogP contribution in [0.1, 0.15) is 36.0 Å². The lowest BCUT2D eigenvalue weighted by molar-refractivity contribution is -0.143. The van der Waals surface area contributed by atoms with E-state index in [1.54, 1.807) is 4.90 Å². The van der Waals surface area contributed by atoms with Crippen LogP contribution >= 0.6 is 0 Å². The third-order valence-electron chi connectivity index (χ3n) is 4.84. The molecule has 2 aliphatic heterocycles. The van der Waals surface area contributed by atoms with Gasteiger partial charge in [-0.1, -0.05) is 0 Å². The van der Waals surface area contributed by atoms with Gasteiger partial charge < -0.3 is 15.4 Å². The van der Waals surface area contributed by atoms with E-state index in [0.717, 1.165) is 0 Å². The molecule has 0 aliphatic carbocycles. The molecule has 10 heteroatoms. The van der Waals surface area contributed by atoms with E-state index in [4.69, 9.17) is 10.5 Å². The SMILES string of the molecule is NC1CC(=O)N2CC(OCc3cc(C(F)(F)F)cc(C(F)(F)F)c3)CC2C1. The fourth-order valence-corrected chi connectivity index (χ4v) is 3.61. The van der Waals surface area contributed by atoms with Gasteiger partial charge in [-0.3, -0.25) is 4.79 Å². The maximum atomic E-state index is 12.9. The Balaban J connectivity index is 1.72. The highest BCUT2D eigenvalue weighted by molar-refractivity contribution is 5.78. The van der Waals surface area contributed by atoms with Crippen LogP contribution in [0.15, 0.2) is 18.2 Å². The summed E-state index contributed by atoms with van der Waals surface area (Å²) in [6.45, 7) is -0.139. The van der Waals surface area contributed by atoms with Gasteiger partial charge >= 0.3 is 12.4 Å². The van der Waals surface area contributed by atoms with Crippen molar-refractivity contribution in [3.63, 3.8) is 0 Å². The fourth-order valence-electron chi connectivity index (χ4n) is 3.61. The highest BCUT2D eigenvalue weighted by Crippen LogP contribution is 2.37. The molecule has 2 N–H and O–H groups in total. The summed E-state index contributed by atoms with van der Waals surface area (Å²) in [5.41, 5.74) is 2.84. The number of piperidine rings is 1. The summed E-state index contributed by atoms with van der Waals surface area (Å²) in [5, 5.41) is 0. The van der Waals surface area contributed by atoms with Crippen molar-refractivity contribution in [3.05, 3.63) is 34.9 Å². The first kappa shape index (κ1) is 19.9. The van der Waals surface area contributed by atoms with E-state index in [1.807, 2.05) is 0 Å². The quantitative estimate of drug-likeness (QED) is 0.798. The van der Waals surface area contributed by atoms with Crippen molar-refractivity contribution in [2.45, 2.75) is 56.4 Å². The van der Waals surface area contributed by atoms with E-state index in [-0.39, 0.29) is 42.6 Å². The predicted molar refractivity (Wildman–Crippen MR) is 82.4 cm³/mol. The van der Waals surface area contributed by atoms with Crippen LogP contribution in [0.5, 0.6) is 0 Å². The number of carbonyl (C=O) groups excluding carboxylic acids is 1. The van der Waals surface area contributed by atoms with Crippen LogP contribution in [0.2, 0.25) is 0 Å².